The van der Waals surface area contributed by atoms with E-state index in [1.807, 2.05) is 22.6 Å². The zero-order valence-corrected chi connectivity index (χ0v) is 21.5. The highest BCUT2D eigenvalue weighted by Crippen LogP contribution is 2.42. The van der Waals surface area contributed by atoms with Crippen LogP contribution in [0.1, 0.15) is 71.1 Å². The maximum Gasteiger partial charge on any atom is 0.223 e. The summed E-state index contributed by atoms with van der Waals surface area (Å²) in [6.07, 6.45) is 4.93. The minimum absolute atomic E-state index is 0.0891. The maximum absolute atomic E-state index is 13.1. The van der Waals surface area contributed by atoms with E-state index in [2.05, 4.69) is 37.8 Å². The molecular formula is C25H38ClN5O2. The molecule has 0 bridgehead atoms. The molecule has 1 amide bonds. The molecule has 0 saturated carbocycles. The molecule has 2 fully saturated rings. The smallest absolute Gasteiger partial charge is 0.223 e. The van der Waals surface area contributed by atoms with Crippen LogP contribution in [0.5, 0.6) is 0 Å². The summed E-state index contributed by atoms with van der Waals surface area (Å²) in [5.41, 5.74) is 2.71. The normalized spacial score (nSPS) is 19.2. The number of hydrogen-bond acceptors (Lipinski definition) is 5. The molecule has 0 radical (unpaired) electrons. The zero-order valence-electron chi connectivity index (χ0n) is 20.8. The van der Waals surface area contributed by atoms with Crippen molar-refractivity contribution < 1.29 is 9.32 Å². The van der Waals surface area contributed by atoms with Gasteiger partial charge in [0.25, 0.3) is 0 Å². The van der Waals surface area contributed by atoms with E-state index in [0.717, 1.165) is 69.0 Å². The number of nitrogens with zero attached hydrogens (tertiary/aromatic N) is 5. The fourth-order valence-electron chi connectivity index (χ4n) is 5.06. The molecule has 0 atom stereocenters. The van der Waals surface area contributed by atoms with Crippen molar-refractivity contribution >= 4 is 17.5 Å². The van der Waals surface area contributed by atoms with Crippen LogP contribution in [0, 0.1) is 17.8 Å². The Morgan fingerprint density at radius 1 is 1.21 bits per heavy atom. The fourth-order valence-corrected chi connectivity index (χ4v) is 5.33. The molecule has 4 rings (SSSR count). The first kappa shape index (κ1) is 24.3. The number of aryl methyl sites for hydroxylation is 2. The predicted molar refractivity (Wildman–Crippen MR) is 130 cm³/mol. The molecule has 2 aromatic heterocycles. The number of carbonyl (C=O) groups is 1. The molecule has 1 spiro atoms. The summed E-state index contributed by atoms with van der Waals surface area (Å²) in [5, 5.41) is 9.48. The Morgan fingerprint density at radius 3 is 2.55 bits per heavy atom. The first-order valence-electron chi connectivity index (χ1n) is 12.3. The number of halogens is 1. The largest absolute Gasteiger partial charge is 0.361 e. The lowest BCUT2D eigenvalue weighted by Gasteiger charge is -2.39. The third-order valence-electron chi connectivity index (χ3n) is 7.14. The van der Waals surface area contributed by atoms with E-state index in [-0.39, 0.29) is 11.3 Å². The Kier molecular flexibility index (Phi) is 6.92. The SMILES string of the molecule is CCCn1nc(-c2cc(C)on2)c(CN2CC3(CCN(CCC(C)(C)C)CC3)CC2=O)c1Cl. The quantitative estimate of drug-likeness (QED) is 0.553. The molecule has 4 heterocycles. The van der Waals surface area contributed by atoms with Gasteiger partial charge in [-0.3, -0.25) is 9.48 Å². The first-order valence-corrected chi connectivity index (χ1v) is 12.7. The van der Waals surface area contributed by atoms with Crippen molar-refractivity contribution in [2.45, 2.75) is 79.8 Å². The third kappa shape index (κ3) is 5.46. The Bertz CT molecular complexity index is 982. The van der Waals surface area contributed by atoms with Crippen molar-refractivity contribution in [1.82, 2.24) is 24.7 Å². The molecule has 0 aromatic carbocycles. The summed E-state index contributed by atoms with van der Waals surface area (Å²) in [7, 11) is 0. The van der Waals surface area contributed by atoms with Crippen LogP contribution in [0.15, 0.2) is 10.6 Å². The van der Waals surface area contributed by atoms with Gasteiger partial charge in [0.1, 0.15) is 22.3 Å². The van der Waals surface area contributed by atoms with E-state index in [1.54, 1.807) is 0 Å². The summed E-state index contributed by atoms with van der Waals surface area (Å²) in [5.74, 6) is 0.950. The number of rotatable bonds is 7. The van der Waals surface area contributed by atoms with Gasteiger partial charge in [-0.05, 0) is 63.1 Å². The summed E-state index contributed by atoms with van der Waals surface area (Å²) < 4.78 is 7.11. The van der Waals surface area contributed by atoms with Gasteiger partial charge in [0.2, 0.25) is 5.91 Å². The van der Waals surface area contributed by atoms with Gasteiger partial charge in [0, 0.05) is 31.1 Å². The Hall–Kier alpha value is -1.86. The van der Waals surface area contributed by atoms with E-state index in [1.165, 1.54) is 6.42 Å². The summed E-state index contributed by atoms with van der Waals surface area (Å²) in [6, 6.07) is 1.87. The molecule has 0 aliphatic carbocycles. The van der Waals surface area contributed by atoms with Crippen LogP contribution in [0.3, 0.4) is 0 Å². The predicted octanol–water partition coefficient (Wildman–Crippen LogP) is 5.16. The molecule has 0 unspecified atom stereocenters. The van der Waals surface area contributed by atoms with Crippen molar-refractivity contribution in [2.75, 3.05) is 26.2 Å². The van der Waals surface area contributed by atoms with Crippen LogP contribution >= 0.6 is 11.6 Å². The molecule has 2 aliphatic heterocycles. The minimum atomic E-state index is 0.0891. The highest BCUT2D eigenvalue weighted by Gasteiger charge is 2.45. The Morgan fingerprint density at radius 2 is 1.94 bits per heavy atom. The molecule has 2 aliphatic rings. The topological polar surface area (TPSA) is 67.4 Å². The number of hydrogen-bond donors (Lipinski definition) is 0. The lowest BCUT2D eigenvalue weighted by Crippen LogP contribution is -2.42. The Balaban J connectivity index is 1.47. The molecule has 2 saturated heterocycles. The monoisotopic (exact) mass is 475 g/mol. The maximum atomic E-state index is 13.1. The number of amides is 1. The molecule has 7 nitrogen and oxygen atoms in total. The molecule has 182 valence electrons. The highest BCUT2D eigenvalue weighted by atomic mass is 35.5. The summed E-state index contributed by atoms with van der Waals surface area (Å²) in [6.45, 7) is 16.2. The molecule has 33 heavy (non-hydrogen) atoms. The lowest BCUT2D eigenvalue weighted by atomic mass is 9.77. The van der Waals surface area contributed by atoms with Gasteiger partial charge in [-0.2, -0.15) is 5.10 Å². The second kappa shape index (κ2) is 9.41. The van der Waals surface area contributed by atoms with Gasteiger partial charge in [0.05, 0.1) is 6.54 Å². The van der Waals surface area contributed by atoms with Crippen molar-refractivity contribution in [2.24, 2.45) is 10.8 Å². The van der Waals surface area contributed by atoms with Crippen LogP contribution < -0.4 is 0 Å². The number of piperidine rings is 1. The van der Waals surface area contributed by atoms with Gasteiger partial charge in [-0.1, -0.05) is 44.5 Å². The summed E-state index contributed by atoms with van der Waals surface area (Å²) in [4.78, 5) is 17.7. The number of carbonyl (C=O) groups excluding carboxylic acids is 1. The zero-order chi connectivity index (χ0) is 23.8. The third-order valence-corrected chi connectivity index (χ3v) is 7.56. The number of aromatic nitrogens is 3. The average molecular weight is 476 g/mol. The second-order valence-corrected chi connectivity index (χ2v) is 11.6. The van der Waals surface area contributed by atoms with Gasteiger partial charge >= 0.3 is 0 Å². The Labute approximate surface area is 202 Å². The molecular weight excluding hydrogens is 438 g/mol. The van der Waals surface area contributed by atoms with Crippen molar-refractivity contribution in [3.05, 3.63) is 22.5 Å². The van der Waals surface area contributed by atoms with Crippen molar-refractivity contribution in [1.29, 1.82) is 0 Å². The van der Waals surface area contributed by atoms with Crippen LogP contribution in [0.25, 0.3) is 11.4 Å². The van der Waals surface area contributed by atoms with E-state index in [4.69, 9.17) is 21.2 Å². The lowest BCUT2D eigenvalue weighted by molar-refractivity contribution is -0.128. The highest BCUT2D eigenvalue weighted by molar-refractivity contribution is 6.30. The molecule has 8 heteroatoms. The molecule has 2 aromatic rings. The standard InChI is InChI=1S/C25H38ClN5O2/c1-6-10-31-23(26)19(22(27-31)20-14-18(2)33-28-20)16-30-17-25(15-21(30)32)8-12-29(13-9-25)11-7-24(3,4)5/h14H,6-13,15-17H2,1-5H3. The van der Waals surface area contributed by atoms with Gasteiger partial charge in [0.15, 0.2) is 0 Å². The summed E-state index contributed by atoms with van der Waals surface area (Å²) >= 11 is 6.76. The minimum Gasteiger partial charge on any atom is -0.361 e. The van der Waals surface area contributed by atoms with E-state index in [9.17, 15) is 4.79 Å². The van der Waals surface area contributed by atoms with E-state index < -0.39 is 0 Å². The van der Waals surface area contributed by atoms with E-state index >= 15 is 0 Å². The van der Waals surface area contributed by atoms with E-state index in [0.29, 0.717) is 29.2 Å². The van der Waals surface area contributed by atoms with Crippen LogP contribution in [-0.2, 0) is 17.9 Å². The van der Waals surface area contributed by atoms with Crippen LogP contribution in [0.2, 0.25) is 5.15 Å². The second-order valence-electron chi connectivity index (χ2n) is 11.2. The van der Waals surface area contributed by atoms with Crippen LogP contribution in [0.4, 0.5) is 0 Å². The number of likely N-dealkylation sites (tertiary alicyclic amines) is 2. The molecule has 0 N–H and O–H groups in total. The van der Waals surface area contributed by atoms with Crippen molar-refractivity contribution in [3.63, 3.8) is 0 Å². The van der Waals surface area contributed by atoms with Gasteiger partial charge in [-0.15, -0.1) is 0 Å². The average Bonchev–Trinajstić information content (AvgIpc) is 3.40. The van der Waals surface area contributed by atoms with Gasteiger partial charge in [-0.25, -0.2) is 0 Å². The first-order chi connectivity index (χ1) is 15.6. The van der Waals surface area contributed by atoms with Crippen LogP contribution in [-0.4, -0.2) is 56.8 Å². The van der Waals surface area contributed by atoms with Gasteiger partial charge < -0.3 is 14.3 Å². The fraction of sp³-hybridized carbons (Fsp3) is 0.720. The van der Waals surface area contributed by atoms with Crippen molar-refractivity contribution in [3.8, 4) is 11.4 Å².